The van der Waals surface area contributed by atoms with E-state index in [1.165, 1.54) is 0 Å². The minimum Gasteiger partial charge on any atom is -0.460 e. The average molecular weight is 407 g/mol. The molecular weight excluding hydrogens is 384 g/mol. The summed E-state index contributed by atoms with van der Waals surface area (Å²) in [5.41, 5.74) is 4.09. The van der Waals surface area contributed by atoms with Crippen molar-refractivity contribution in [2.45, 2.75) is 39.3 Å². The number of rotatable bonds is 4. The van der Waals surface area contributed by atoms with E-state index in [4.69, 9.17) is 4.74 Å². The number of hydrogen-bond acceptors (Lipinski definition) is 5. The van der Waals surface area contributed by atoms with Gasteiger partial charge in [-0.3, -0.25) is 14.6 Å². The Morgan fingerprint density at radius 3 is 2.62 bits per heavy atom. The SMILES string of the molecule is CC(C)(C)OC(=O)Cc1cncc(-c2ccc(-c3ccc4c(c3)C(=O)NC4)s2)c1. The number of nitrogens with zero attached hydrogens (tertiary/aromatic N) is 1. The van der Waals surface area contributed by atoms with Gasteiger partial charge in [0.25, 0.3) is 5.91 Å². The van der Waals surface area contributed by atoms with Gasteiger partial charge in [-0.1, -0.05) is 12.1 Å². The Morgan fingerprint density at radius 2 is 1.86 bits per heavy atom. The summed E-state index contributed by atoms with van der Waals surface area (Å²) in [5.74, 6) is -0.280. The van der Waals surface area contributed by atoms with Gasteiger partial charge in [0.2, 0.25) is 0 Å². The van der Waals surface area contributed by atoms with E-state index >= 15 is 0 Å². The van der Waals surface area contributed by atoms with Crippen molar-refractivity contribution in [3.8, 4) is 20.9 Å². The highest BCUT2D eigenvalue weighted by molar-refractivity contribution is 7.18. The number of carbonyl (C=O) groups is 2. The molecule has 148 valence electrons. The Bertz CT molecular complexity index is 1100. The van der Waals surface area contributed by atoms with Crippen molar-refractivity contribution in [2.24, 2.45) is 0 Å². The van der Waals surface area contributed by atoms with Gasteiger partial charge in [-0.2, -0.15) is 0 Å². The van der Waals surface area contributed by atoms with Crippen molar-refractivity contribution in [3.63, 3.8) is 0 Å². The van der Waals surface area contributed by atoms with Crippen molar-refractivity contribution < 1.29 is 14.3 Å². The Morgan fingerprint density at radius 1 is 1.10 bits per heavy atom. The number of aromatic nitrogens is 1. The van der Waals surface area contributed by atoms with Crippen LogP contribution < -0.4 is 5.32 Å². The molecule has 0 radical (unpaired) electrons. The third-order valence-electron chi connectivity index (χ3n) is 4.53. The summed E-state index contributed by atoms with van der Waals surface area (Å²) < 4.78 is 5.40. The summed E-state index contributed by atoms with van der Waals surface area (Å²) in [4.78, 5) is 30.5. The van der Waals surface area contributed by atoms with Gasteiger partial charge in [0.1, 0.15) is 5.60 Å². The highest BCUT2D eigenvalue weighted by atomic mass is 32.1. The molecular formula is C23H22N2O3S. The maximum atomic E-state index is 12.1. The monoisotopic (exact) mass is 406 g/mol. The number of benzene rings is 1. The molecule has 1 amide bonds. The van der Waals surface area contributed by atoms with Crippen LogP contribution in [0, 0.1) is 0 Å². The summed E-state index contributed by atoms with van der Waals surface area (Å²) in [7, 11) is 0. The first-order chi connectivity index (χ1) is 13.8. The molecule has 0 spiro atoms. The van der Waals surface area contributed by atoms with Crippen LogP contribution in [0.2, 0.25) is 0 Å². The van der Waals surface area contributed by atoms with Crippen molar-refractivity contribution >= 4 is 23.2 Å². The average Bonchev–Trinajstić information content (AvgIpc) is 3.28. The van der Waals surface area contributed by atoms with E-state index in [1.807, 2.05) is 51.1 Å². The van der Waals surface area contributed by atoms with Crippen LogP contribution in [0.4, 0.5) is 0 Å². The molecule has 6 heteroatoms. The standard InChI is InChI=1S/C23H22N2O3S/c1-23(2,3)28-21(26)9-14-8-17(12-24-11-14)20-7-6-19(29-20)15-4-5-16-13-25-22(27)18(16)10-15/h4-8,10-12H,9,13H2,1-3H3,(H,25,27). The van der Waals surface area contributed by atoms with Crippen molar-refractivity contribution in [3.05, 3.63) is 65.5 Å². The number of nitrogens with one attached hydrogen (secondary N) is 1. The number of amides is 1. The van der Waals surface area contributed by atoms with E-state index in [0.29, 0.717) is 6.54 Å². The third kappa shape index (κ3) is 4.38. The van der Waals surface area contributed by atoms with Crippen LogP contribution in [0.15, 0.2) is 48.8 Å². The number of pyridine rings is 1. The number of esters is 1. The van der Waals surface area contributed by atoms with Gasteiger partial charge in [0, 0.05) is 39.8 Å². The van der Waals surface area contributed by atoms with Gasteiger partial charge in [-0.25, -0.2) is 0 Å². The second kappa shape index (κ2) is 7.44. The maximum Gasteiger partial charge on any atom is 0.310 e. The summed E-state index contributed by atoms with van der Waals surface area (Å²) >= 11 is 1.64. The van der Waals surface area contributed by atoms with E-state index in [-0.39, 0.29) is 18.3 Å². The molecule has 4 rings (SSSR count). The van der Waals surface area contributed by atoms with Crippen molar-refractivity contribution in [2.75, 3.05) is 0 Å². The number of fused-ring (bicyclic) bond motifs is 1. The zero-order valence-electron chi connectivity index (χ0n) is 16.6. The zero-order valence-corrected chi connectivity index (χ0v) is 17.4. The van der Waals surface area contributed by atoms with Gasteiger partial charge >= 0.3 is 5.97 Å². The number of hydrogen-bond donors (Lipinski definition) is 1. The Kier molecular flexibility index (Phi) is 4.96. The van der Waals surface area contributed by atoms with Crippen LogP contribution >= 0.6 is 11.3 Å². The van der Waals surface area contributed by atoms with Crippen molar-refractivity contribution in [1.82, 2.24) is 10.3 Å². The lowest BCUT2D eigenvalue weighted by Gasteiger charge is -2.19. The van der Waals surface area contributed by atoms with E-state index in [9.17, 15) is 9.59 Å². The maximum absolute atomic E-state index is 12.1. The van der Waals surface area contributed by atoms with Crippen LogP contribution in [-0.4, -0.2) is 22.5 Å². The van der Waals surface area contributed by atoms with Gasteiger partial charge in [0.05, 0.1) is 6.42 Å². The normalized spacial score (nSPS) is 13.1. The summed E-state index contributed by atoms with van der Waals surface area (Å²) in [6.07, 6.45) is 3.68. The molecule has 0 aliphatic carbocycles. The first-order valence-electron chi connectivity index (χ1n) is 9.46. The minimum atomic E-state index is -0.502. The summed E-state index contributed by atoms with van der Waals surface area (Å²) in [6, 6.07) is 12.1. The summed E-state index contributed by atoms with van der Waals surface area (Å²) in [5, 5.41) is 2.85. The summed E-state index contributed by atoms with van der Waals surface area (Å²) in [6.45, 7) is 6.17. The molecule has 0 saturated carbocycles. The fourth-order valence-electron chi connectivity index (χ4n) is 3.28. The van der Waals surface area contributed by atoms with E-state index in [1.54, 1.807) is 23.7 Å². The van der Waals surface area contributed by atoms with E-state index < -0.39 is 5.60 Å². The van der Waals surface area contributed by atoms with Crippen molar-refractivity contribution in [1.29, 1.82) is 0 Å². The van der Waals surface area contributed by atoms with E-state index in [2.05, 4.69) is 16.4 Å². The molecule has 0 fully saturated rings. The van der Waals surface area contributed by atoms with Gasteiger partial charge in [-0.15, -0.1) is 11.3 Å². The lowest BCUT2D eigenvalue weighted by atomic mass is 10.1. The highest BCUT2D eigenvalue weighted by Crippen LogP contribution is 2.35. The molecule has 3 aromatic rings. The topological polar surface area (TPSA) is 68.3 Å². The zero-order chi connectivity index (χ0) is 20.6. The fourth-order valence-corrected chi connectivity index (χ4v) is 4.26. The lowest BCUT2D eigenvalue weighted by Crippen LogP contribution is -2.24. The highest BCUT2D eigenvalue weighted by Gasteiger charge is 2.20. The van der Waals surface area contributed by atoms with Crippen LogP contribution in [0.25, 0.3) is 20.9 Å². The lowest BCUT2D eigenvalue weighted by molar-refractivity contribution is -0.153. The first kappa shape index (κ1) is 19.3. The first-order valence-corrected chi connectivity index (χ1v) is 10.3. The minimum absolute atomic E-state index is 0.0160. The smallest absolute Gasteiger partial charge is 0.310 e. The molecule has 29 heavy (non-hydrogen) atoms. The molecule has 0 atom stereocenters. The molecule has 1 aromatic carbocycles. The molecule has 1 aliphatic heterocycles. The fraction of sp³-hybridized carbons (Fsp3) is 0.261. The van der Waals surface area contributed by atoms with Crippen LogP contribution in [0.1, 0.15) is 42.3 Å². The predicted molar refractivity (Wildman–Crippen MR) is 114 cm³/mol. The second-order valence-corrected chi connectivity index (χ2v) is 9.15. The quantitative estimate of drug-likeness (QED) is 0.643. The molecule has 2 aromatic heterocycles. The number of carbonyl (C=O) groups excluding carboxylic acids is 2. The Labute approximate surface area is 173 Å². The Hall–Kier alpha value is -2.99. The molecule has 0 unspecified atom stereocenters. The molecule has 3 heterocycles. The van der Waals surface area contributed by atoms with Crippen LogP contribution in [0.3, 0.4) is 0 Å². The predicted octanol–water partition coefficient (Wildman–Crippen LogP) is 4.60. The van der Waals surface area contributed by atoms with Gasteiger partial charge in [-0.05, 0) is 61.7 Å². The largest absolute Gasteiger partial charge is 0.460 e. The molecule has 0 bridgehead atoms. The molecule has 0 saturated heterocycles. The molecule has 5 nitrogen and oxygen atoms in total. The van der Waals surface area contributed by atoms with Gasteiger partial charge < -0.3 is 10.1 Å². The molecule has 1 N–H and O–H groups in total. The number of ether oxygens (including phenoxy) is 1. The third-order valence-corrected chi connectivity index (χ3v) is 5.72. The second-order valence-electron chi connectivity index (χ2n) is 8.06. The van der Waals surface area contributed by atoms with E-state index in [0.717, 1.165) is 37.6 Å². The van der Waals surface area contributed by atoms with Crippen LogP contribution in [0.5, 0.6) is 0 Å². The number of thiophene rings is 1. The van der Waals surface area contributed by atoms with Gasteiger partial charge in [0.15, 0.2) is 0 Å². The Balaban J connectivity index is 1.55. The van der Waals surface area contributed by atoms with Crippen LogP contribution in [-0.2, 0) is 22.5 Å². The molecule has 1 aliphatic rings.